The monoisotopic (exact) mass is 294 g/mol. The molecular formula is C17H11ClN2O. The molecule has 0 atom stereocenters. The van der Waals surface area contributed by atoms with Crippen molar-refractivity contribution in [2.75, 3.05) is 0 Å². The molecule has 4 rings (SSSR count). The van der Waals surface area contributed by atoms with Crippen molar-refractivity contribution in [2.45, 2.75) is 0 Å². The van der Waals surface area contributed by atoms with Gasteiger partial charge in [-0.1, -0.05) is 35.9 Å². The molecule has 0 aliphatic heterocycles. The fraction of sp³-hybridized carbons (Fsp3) is 0. The van der Waals surface area contributed by atoms with E-state index < -0.39 is 0 Å². The van der Waals surface area contributed by atoms with Crippen LogP contribution in [0.15, 0.2) is 52.9 Å². The molecule has 0 spiro atoms. The van der Waals surface area contributed by atoms with Gasteiger partial charge in [-0.05, 0) is 36.4 Å². The van der Waals surface area contributed by atoms with Gasteiger partial charge in [0.2, 0.25) is 0 Å². The molecule has 0 aliphatic rings. The number of nitrogens with one attached hydrogen (secondary N) is 1. The Balaban J connectivity index is 1.74. The first kappa shape index (κ1) is 12.2. The van der Waals surface area contributed by atoms with Gasteiger partial charge in [-0.15, -0.1) is 0 Å². The number of nitrogens with zero attached hydrogens (tertiary/aromatic N) is 1. The summed E-state index contributed by atoms with van der Waals surface area (Å²) in [6, 6.07) is 15.6. The minimum absolute atomic E-state index is 0.623. The number of para-hydroxylation sites is 3. The van der Waals surface area contributed by atoms with Crippen molar-refractivity contribution in [1.82, 2.24) is 9.97 Å². The third-order valence-electron chi connectivity index (χ3n) is 3.36. The molecule has 4 aromatic rings. The highest BCUT2D eigenvalue weighted by Gasteiger charge is 2.09. The number of benzene rings is 2. The van der Waals surface area contributed by atoms with E-state index in [0.717, 1.165) is 27.8 Å². The molecule has 0 saturated heterocycles. The molecule has 102 valence electrons. The second-order valence-electron chi connectivity index (χ2n) is 4.75. The highest BCUT2D eigenvalue weighted by atomic mass is 35.5. The summed E-state index contributed by atoms with van der Waals surface area (Å²) >= 11 is 6.33. The van der Waals surface area contributed by atoms with Gasteiger partial charge in [0.1, 0.15) is 17.2 Å². The molecule has 0 unspecified atom stereocenters. The minimum Gasteiger partial charge on any atom is -0.455 e. The predicted molar refractivity (Wildman–Crippen MR) is 86.2 cm³/mol. The number of aromatic amines is 1. The maximum Gasteiger partial charge on any atom is 0.146 e. The van der Waals surface area contributed by atoms with Gasteiger partial charge in [-0.3, -0.25) is 0 Å². The summed E-state index contributed by atoms with van der Waals surface area (Å²) in [7, 11) is 0. The Morgan fingerprint density at radius 3 is 2.67 bits per heavy atom. The fourth-order valence-corrected chi connectivity index (χ4v) is 2.60. The van der Waals surface area contributed by atoms with E-state index in [4.69, 9.17) is 16.0 Å². The highest BCUT2D eigenvalue weighted by Crippen LogP contribution is 2.31. The van der Waals surface area contributed by atoms with E-state index in [1.54, 1.807) is 0 Å². The van der Waals surface area contributed by atoms with Gasteiger partial charge in [0.15, 0.2) is 0 Å². The smallest absolute Gasteiger partial charge is 0.146 e. The first-order valence-corrected chi connectivity index (χ1v) is 6.99. The SMILES string of the molecule is Clc1c(/C=C/c2nc3ccccc3[nH]2)oc2ccccc12. The molecule has 2 aromatic carbocycles. The van der Waals surface area contributed by atoms with Crippen LogP contribution in [0.3, 0.4) is 0 Å². The number of hydrogen-bond acceptors (Lipinski definition) is 2. The van der Waals surface area contributed by atoms with E-state index >= 15 is 0 Å². The Morgan fingerprint density at radius 1 is 1.00 bits per heavy atom. The van der Waals surface area contributed by atoms with E-state index in [9.17, 15) is 0 Å². The quantitative estimate of drug-likeness (QED) is 0.556. The molecule has 0 aliphatic carbocycles. The van der Waals surface area contributed by atoms with Crippen LogP contribution in [-0.2, 0) is 0 Å². The zero-order valence-corrected chi connectivity index (χ0v) is 11.8. The molecular weight excluding hydrogens is 284 g/mol. The molecule has 2 heterocycles. The lowest BCUT2D eigenvalue weighted by Gasteiger charge is -1.86. The van der Waals surface area contributed by atoms with Crippen LogP contribution in [0.4, 0.5) is 0 Å². The van der Waals surface area contributed by atoms with Crippen LogP contribution in [0, 0.1) is 0 Å². The van der Waals surface area contributed by atoms with Crippen molar-refractivity contribution in [3.63, 3.8) is 0 Å². The van der Waals surface area contributed by atoms with Crippen molar-refractivity contribution in [3.05, 3.63) is 65.1 Å². The Labute approximate surface area is 125 Å². The molecule has 0 fully saturated rings. The van der Waals surface area contributed by atoms with Gasteiger partial charge in [0.05, 0.1) is 16.1 Å². The summed E-state index contributed by atoms with van der Waals surface area (Å²) < 4.78 is 5.73. The van der Waals surface area contributed by atoms with Crippen LogP contribution in [-0.4, -0.2) is 9.97 Å². The molecule has 4 heteroatoms. The van der Waals surface area contributed by atoms with Gasteiger partial charge in [-0.25, -0.2) is 4.98 Å². The van der Waals surface area contributed by atoms with E-state index in [0.29, 0.717) is 10.8 Å². The largest absolute Gasteiger partial charge is 0.455 e. The zero-order chi connectivity index (χ0) is 14.2. The maximum absolute atomic E-state index is 6.33. The van der Waals surface area contributed by atoms with Crippen LogP contribution in [0.2, 0.25) is 5.02 Å². The Morgan fingerprint density at radius 2 is 1.81 bits per heavy atom. The topological polar surface area (TPSA) is 41.8 Å². The van der Waals surface area contributed by atoms with Crippen LogP contribution < -0.4 is 0 Å². The Bertz CT molecular complexity index is 932. The van der Waals surface area contributed by atoms with Crippen molar-refractivity contribution >= 4 is 45.8 Å². The second-order valence-corrected chi connectivity index (χ2v) is 5.13. The third-order valence-corrected chi connectivity index (χ3v) is 3.75. The minimum atomic E-state index is 0.623. The number of rotatable bonds is 2. The number of halogens is 1. The predicted octanol–water partition coefficient (Wildman–Crippen LogP) is 5.13. The van der Waals surface area contributed by atoms with E-state index in [-0.39, 0.29) is 0 Å². The summed E-state index contributed by atoms with van der Waals surface area (Å²) in [5.74, 6) is 1.41. The van der Waals surface area contributed by atoms with E-state index in [1.807, 2.05) is 60.7 Å². The van der Waals surface area contributed by atoms with Crippen molar-refractivity contribution in [1.29, 1.82) is 0 Å². The van der Waals surface area contributed by atoms with Crippen LogP contribution in [0.1, 0.15) is 11.6 Å². The van der Waals surface area contributed by atoms with Gasteiger partial charge < -0.3 is 9.40 Å². The Kier molecular flexibility index (Phi) is 2.79. The number of imidazole rings is 1. The number of hydrogen-bond donors (Lipinski definition) is 1. The van der Waals surface area contributed by atoms with Crippen LogP contribution in [0.25, 0.3) is 34.2 Å². The lowest BCUT2D eigenvalue weighted by atomic mass is 10.2. The fourth-order valence-electron chi connectivity index (χ4n) is 2.35. The summed E-state index contributed by atoms with van der Waals surface area (Å²) in [5.41, 5.74) is 2.73. The summed E-state index contributed by atoms with van der Waals surface area (Å²) in [5, 5.41) is 1.54. The Hall–Kier alpha value is -2.52. The highest BCUT2D eigenvalue weighted by molar-refractivity contribution is 6.36. The average Bonchev–Trinajstić information content (AvgIpc) is 3.07. The van der Waals surface area contributed by atoms with Crippen molar-refractivity contribution in [3.8, 4) is 0 Å². The maximum atomic E-state index is 6.33. The lowest BCUT2D eigenvalue weighted by Crippen LogP contribution is -1.73. The summed E-state index contributed by atoms with van der Waals surface area (Å²) in [6.45, 7) is 0. The third kappa shape index (κ3) is 2.12. The van der Waals surface area contributed by atoms with Gasteiger partial charge in [0, 0.05) is 5.39 Å². The van der Waals surface area contributed by atoms with Crippen molar-refractivity contribution in [2.24, 2.45) is 0 Å². The second kappa shape index (κ2) is 4.79. The number of fused-ring (bicyclic) bond motifs is 2. The molecule has 0 amide bonds. The van der Waals surface area contributed by atoms with Crippen LogP contribution in [0.5, 0.6) is 0 Å². The van der Waals surface area contributed by atoms with Crippen LogP contribution >= 0.6 is 11.6 Å². The van der Waals surface area contributed by atoms with E-state index in [1.165, 1.54) is 0 Å². The molecule has 0 radical (unpaired) electrons. The first-order valence-electron chi connectivity index (χ1n) is 6.61. The first-order chi connectivity index (χ1) is 10.3. The van der Waals surface area contributed by atoms with Gasteiger partial charge in [0.25, 0.3) is 0 Å². The lowest BCUT2D eigenvalue weighted by molar-refractivity contribution is 0.605. The molecule has 1 N–H and O–H groups in total. The molecule has 3 nitrogen and oxygen atoms in total. The van der Waals surface area contributed by atoms with E-state index in [2.05, 4.69) is 9.97 Å². The molecule has 21 heavy (non-hydrogen) atoms. The number of aromatic nitrogens is 2. The normalized spacial score (nSPS) is 11.9. The summed E-state index contributed by atoms with van der Waals surface area (Å²) in [4.78, 5) is 7.72. The van der Waals surface area contributed by atoms with Crippen molar-refractivity contribution < 1.29 is 4.42 Å². The molecule has 0 bridgehead atoms. The molecule has 0 saturated carbocycles. The summed E-state index contributed by atoms with van der Waals surface area (Å²) in [6.07, 6.45) is 3.70. The van der Waals surface area contributed by atoms with Gasteiger partial charge in [-0.2, -0.15) is 0 Å². The average molecular weight is 295 g/mol. The zero-order valence-electron chi connectivity index (χ0n) is 11.0. The standard InChI is InChI=1S/C17H11ClN2O/c18-17-11-5-1-4-8-14(11)21-15(17)9-10-16-19-12-6-2-3-7-13(12)20-16/h1-10H,(H,19,20)/b10-9+. The number of furan rings is 1. The molecule has 2 aromatic heterocycles. The number of H-pyrrole nitrogens is 1. The van der Waals surface area contributed by atoms with Gasteiger partial charge >= 0.3 is 0 Å².